The van der Waals surface area contributed by atoms with Crippen molar-refractivity contribution in [1.82, 2.24) is 10.2 Å². The topological polar surface area (TPSA) is 15.3 Å². The van der Waals surface area contributed by atoms with Gasteiger partial charge in [0, 0.05) is 24.2 Å². The van der Waals surface area contributed by atoms with E-state index in [-0.39, 0.29) is 5.54 Å². The summed E-state index contributed by atoms with van der Waals surface area (Å²) in [5, 5.41) is 3.82. The Labute approximate surface area is 133 Å². The van der Waals surface area contributed by atoms with Crippen molar-refractivity contribution >= 4 is 0 Å². The first kappa shape index (κ1) is 17.3. The second-order valence-corrected chi connectivity index (χ2v) is 9.62. The maximum absolute atomic E-state index is 3.82. The van der Waals surface area contributed by atoms with Gasteiger partial charge in [0.2, 0.25) is 0 Å². The van der Waals surface area contributed by atoms with Crippen molar-refractivity contribution in [3.63, 3.8) is 0 Å². The Morgan fingerprint density at radius 2 is 1.71 bits per heavy atom. The van der Waals surface area contributed by atoms with Crippen LogP contribution in [0, 0.1) is 11.3 Å². The fourth-order valence-corrected chi connectivity index (χ4v) is 4.08. The van der Waals surface area contributed by atoms with Crippen molar-refractivity contribution in [1.29, 1.82) is 0 Å². The molecule has 0 aromatic rings. The number of nitrogens with zero attached hydrogens (tertiary/aromatic N) is 1. The summed E-state index contributed by atoms with van der Waals surface area (Å²) in [7, 11) is 0. The van der Waals surface area contributed by atoms with Crippen LogP contribution in [0.15, 0.2) is 0 Å². The summed E-state index contributed by atoms with van der Waals surface area (Å²) in [6.07, 6.45) is 8.40. The first-order chi connectivity index (χ1) is 9.62. The third-order valence-corrected chi connectivity index (χ3v) is 5.93. The van der Waals surface area contributed by atoms with Gasteiger partial charge in [-0.3, -0.25) is 4.90 Å². The average Bonchev–Trinajstić information content (AvgIpc) is 2.69. The number of likely N-dealkylation sites (tertiary alicyclic amines) is 1. The summed E-state index contributed by atoms with van der Waals surface area (Å²) in [6, 6.07) is 0. The van der Waals surface area contributed by atoms with Crippen LogP contribution in [0.2, 0.25) is 0 Å². The van der Waals surface area contributed by atoms with E-state index in [0.717, 1.165) is 5.92 Å². The van der Waals surface area contributed by atoms with Gasteiger partial charge in [-0.25, -0.2) is 0 Å². The molecule has 1 aliphatic heterocycles. The summed E-state index contributed by atoms with van der Waals surface area (Å²) in [5.74, 6) is 0.930. The summed E-state index contributed by atoms with van der Waals surface area (Å²) in [4.78, 5) is 2.79. The number of rotatable bonds is 4. The zero-order valence-electron chi connectivity index (χ0n) is 15.4. The molecule has 2 fully saturated rings. The highest BCUT2D eigenvalue weighted by Crippen LogP contribution is 2.42. The molecule has 2 heteroatoms. The van der Waals surface area contributed by atoms with Gasteiger partial charge >= 0.3 is 0 Å². The molecule has 1 saturated carbocycles. The second kappa shape index (κ2) is 6.20. The molecule has 1 heterocycles. The Hall–Kier alpha value is -0.0800. The van der Waals surface area contributed by atoms with Gasteiger partial charge in [-0.05, 0) is 78.2 Å². The van der Waals surface area contributed by atoms with Crippen molar-refractivity contribution in [2.75, 3.05) is 19.6 Å². The third-order valence-electron chi connectivity index (χ3n) is 5.93. The lowest BCUT2D eigenvalue weighted by molar-refractivity contribution is 0.0505. The van der Waals surface area contributed by atoms with Crippen LogP contribution in [0.5, 0.6) is 0 Å². The predicted octanol–water partition coefficient (Wildman–Crippen LogP) is 4.45. The van der Waals surface area contributed by atoms with E-state index < -0.39 is 0 Å². The summed E-state index contributed by atoms with van der Waals surface area (Å²) in [5.41, 5.74) is 1.15. The van der Waals surface area contributed by atoms with Crippen LogP contribution in [-0.2, 0) is 0 Å². The van der Waals surface area contributed by atoms with E-state index in [1.807, 2.05) is 0 Å². The van der Waals surface area contributed by atoms with Crippen molar-refractivity contribution < 1.29 is 0 Å². The molecule has 0 bridgehead atoms. The van der Waals surface area contributed by atoms with Crippen LogP contribution < -0.4 is 5.32 Å². The Morgan fingerprint density at radius 3 is 2.19 bits per heavy atom. The first-order valence-corrected chi connectivity index (χ1v) is 9.12. The molecule has 0 amide bonds. The minimum Gasteiger partial charge on any atom is -0.311 e. The largest absolute Gasteiger partial charge is 0.311 e. The molecule has 124 valence electrons. The molecule has 0 radical (unpaired) electrons. The minimum absolute atomic E-state index is 0.233. The van der Waals surface area contributed by atoms with Crippen LogP contribution in [0.3, 0.4) is 0 Å². The number of nitrogens with one attached hydrogen (secondary N) is 1. The molecular formula is C19H38N2. The highest BCUT2D eigenvalue weighted by Gasteiger charge is 2.41. The summed E-state index contributed by atoms with van der Waals surface area (Å²) in [6.45, 7) is 18.0. The Bertz CT molecular complexity index is 332. The van der Waals surface area contributed by atoms with Gasteiger partial charge in [0.1, 0.15) is 0 Å². The lowest BCUT2D eigenvalue weighted by Gasteiger charge is -2.46. The Kier molecular flexibility index (Phi) is 5.10. The van der Waals surface area contributed by atoms with Gasteiger partial charge in [-0.15, -0.1) is 0 Å². The quantitative estimate of drug-likeness (QED) is 0.824. The van der Waals surface area contributed by atoms with Crippen LogP contribution >= 0.6 is 0 Å². The van der Waals surface area contributed by atoms with Gasteiger partial charge in [-0.1, -0.05) is 19.8 Å². The van der Waals surface area contributed by atoms with E-state index in [9.17, 15) is 0 Å². The molecule has 1 saturated heterocycles. The van der Waals surface area contributed by atoms with Gasteiger partial charge in [-0.2, -0.15) is 0 Å². The second-order valence-electron chi connectivity index (χ2n) is 9.62. The molecule has 1 N–H and O–H groups in total. The molecule has 2 nitrogen and oxygen atoms in total. The van der Waals surface area contributed by atoms with Crippen LogP contribution in [-0.4, -0.2) is 35.6 Å². The van der Waals surface area contributed by atoms with Crippen molar-refractivity contribution in [2.24, 2.45) is 11.3 Å². The van der Waals surface area contributed by atoms with Crippen molar-refractivity contribution in [2.45, 2.75) is 91.1 Å². The van der Waals surface area contributed by atoms with E-state index in [1.54, 1.807) is 0 Å². The van der Waals surface area contributed by atoms with Crippen LogP contribution in [0.1, 0.15) is 80.1 Å². The maximum atomic E-state index is 3.82. The molecule has 0 unspecified atom stereocenters. The summed E-state index contributed by atoms with van der Waals surface area (Å²) >= 11 is 0. The fourth-order valence-electron chi connectivity index (χ4n) is 4.08. The smallest absolute Gasteiger partial charge is 0.0153 e. The number of hydrogen-bond donors (Lipinski definition) is 1. The Balaban J connectivity index is 2.05. The van der Waals surface area contributed by atoms with Gasteiger partial charge < -0.3 is 5.32 Å². The third kappa shape index (κ3) is 4.69. The standard InChI is InChI=1S/C19H38N2/c1-16-8-11-19(12-9-16,14-20-17(2,3)4)15-21-13-7-10-18(21,5)6/h16,20H,7-15H2,1-6H3. The average molecular weight is 295 g/mol. The molecular weight excluding hydrogens is 256 g/mol. The molecule has 0 atom stereocenters. The molecule has 21 heavy (non-hydrogen) atoms. The molecule has 2 aliphatic rings. The van der Waals surface area contributed by atoms with Gasteiger partial charge in [0.15, 0.2) is 0 Å². The van der Waals surface area contributed by atoms with E-state index in [4.69, 9.17) is 0 Å². The predicted molar refractivity (Wildman–Crippen MR) is 92.7 cm³/mol. The SMILES string of the molecule is CC1CCC(CNC(C)(C)C)(CN2CCCC2(C)C)CC1. The molecule has 0 aromatic carbocycles. The highest BCUT2D eigenvalue weighted by atomic mass is 15.2. The fraction of sp³-hybridized carbons (Fsp3) is 1.00. The summed E-state index contributed by atoms with van der Waals surface area (Å²) < 4.78 is 0. The zero-order chi connectivity index (χ0) is 15.7. The lowest BCUT2D eigenvalue weighted by Crippen LogP contribution is -2.52. The van der Waals surface area contributed by atoms with Crippen LogP contribution in [0.4, 0.5) is 0 Å². The van der Waals surface area contributed by atoms with E-state index in [0.29, 0.717) is 11.0 Å². The molecule has 0 spiro atoms. The first-order valence-electron chi connectivity index (χ1n) is 9.12. The van der Waals surface area contributed by atoms with E-state index in [1.165, 1.54) is 58.2 Å². The maximum Gasteiger partial charge on any atom is 0.0153 e. The zero-order valence-corrected chi connectivity index (χ0v) is 15.4. The normalized spacial score (nSPS) is 34.3. The van der Waals surface area contributed by atoms with Crippen LogP contribution in [0.25, 0.3) is 0 Å². The van der Waals surface area contributed by atoms with Gasteiger partial charge in [0.05, 0.1) is 0 Å². The Morgan fingerprint density at radius 1 is 1.10 bits per heavy atom. The van der Waals surface area contributed by atoms with E-state index >= 15 is 0 Å². The molecule has 0 aromatic heterocycles. The minimum atomic E-state index is 0.233. The highest BCUT2D eigenvalue weighted by molar-refractivity contribution is 4.96. The monoisotopic (exact) mass is 294 g/mol. The number of hydrogen-bond acceptors (Lipinski definition) is 2. The molecule has 1 aliphatic carbocycles. The lowest BCUT2D eigenvalue weighted by atomic mass is 9.70. The van der Waals surface area contributed by atoms with E-state index in [2.05, 4.69) is 51.8 Å². The van der Waals surface area contributed by atoms with Crippen molar-refractivity contribution in [3.05, 3.63) is 0 Å². The van der Waals surface area contributed by atoms with Crippen molar-refractivity contribution in [3.8, 4) is 0 Å². The molecule has 2 rings (SSSR count). The van der Waals surface area contributed by atoms with Gasteiger partial charge in [0.25, 0.3) is 0 Å².